The molecule has 0 aromatic carbocycles. The number of hydrogen-bond donors (Lipinski definition) is 1. The van der Waals surface area contributed by atoms with Crippen molar-refractivity contribution >= 4 is 11.6 Å². The zero-order valence-electron chi connectivity index (χ0n) is 11.1. The SMILES string of the molecule is CC(=O)/C=C(\C)C1(O)C(C)=CC(=O)CC1(C)C. The molecule has 17 heavy (non-hydrogen) atoms. The van der Waals surface area contributed by atoms with Gasteiger partial charge in [0.2, 0.25) is 0 Å². The fourth-order valence-electron chi connectivity index (χ4n) is 2.75. The third kappa shape index (κ3) is 2.25. The standard InChI is InChI=1S/C14H20O3/c1-9(6-11(3)15)14(17)10(2)7-12(16)8-13(14,4)5/h6-7,17H,8H2,1-5H3/b9-6+. The van der Waals surface area contributed by atoms with Crippen LogP contribution < -0.4 is 0 Å². The Bertz CT molecular complexity index is 427. The average molecular weight is 236 g/mol. The maximum Gasteiger partial charge on any atom is 0.156 e. The van der Waals surface area contributed by atoms with E-state index in [1.165, 1.54) is 19.1 Å². The number of carbonyl (C=O) groups excluding carboxylic acids is 2. The lowest BCUT2D eigenvalue weighted by Crippen LogP contribution is -2.50. The Morgan fingerprint density at radius 2 is 1.94 bits per heavy atom. The van der Waals surface area contributed by atoms with Gasteiger partial charge in [0.15, 0.2) is 11.6 Å². The fourth-order valence-corrected chi connectivity index (χ4v) is 2.75. The molecule has 3 heteroatoms. The zero-order valence-corrected chi connectivity index (χ0v) is 11.1. The van der Waals surface area contributed by atoms with Crippen molar-refractivity contribution in [2.75, 3.05) is 0 Å². The quantitative estimate of drug-likeness (QED) is 0.748. The van der Waals surface area contributed by atoms with Crippen molar-refractivity contribution in [3.8, 4) is 0 Å². The van der Waals surface area contributed by atoms with Gasteiger partial charge in [0.1, 0.15) is 5.60 Å². The van der Waals surface area contributed by atoms with E-state index in [1.54, 1.807) is 13.8 Å². The number of rotatable bonds is 2. The number of aliphatic hydroxyl groups is 1. The van der Waals surface area contributed by atoms with Crippen LogP contribution in [-0.2, 0) is 9.59 Å². The van der Waals surface area contributed by atoms with Crippen LogP contribution in [0.2, 0.25) is 0 Å². The number of ketones is 2. The molecule has 0 aliphatic heterocycles. The molecule has 1 atom stereocenters. The van der Waals surface area contributed by atoms with Gasteiger partial charge in [-0.2, -0.15) is 0 Å². The second kappa shape index (κ2) is 4.22. The van der Waals surface area contributed by atoms with Crippen LogP contribution in [0.4, 0.5) is 0 Å². The number of allylic oxidation sites excluding steroid dienone is 2. The lowest BCUT2D eigenvalue weighted by molar-refractivity contribution is -0.121. The van der Waals surface area contributed by atoms with Crippen molar-refractivity contribution in [3.05, 3.63) is 23.3 Å². The lowest BCUT2D eigenvalue weighted by Gasteiger charge is -2.46. The molecular weight excluding hydrogens is 216 g/mol. The molecule has 1 N–H and O–H groups in total. The van der Waals surface area contributed by atoms with E-state index in [1.807, 2.05) is 13.8 Å². The second-order valence-electron chi connectivity index (χ2n) is 5.50. The maximum atomic E-state index is 11.5. The van der Waals surface area contributed by atoms with Crippen LogP contribution >= 0.6 is 0 Å². The Morgan fingerprint density at radius 1 is 1.41 bits per heavy atom. The summed E-state index contributed by atoms with van der Waals surface area (Å²) in [6, 6.07) is 0. The highest BCUT2D eigenvalue weighted by atomic mass is 16.3. The van der Waals surface area contributed by atoms with E-state index < -0.39 is 11.0 Å². The predicted octanol–water partition coefficient (Wildman–Crippen LogP) is 2.20. The van der Waals surface area contributed by atoms with E-state index in [4.69, 9.17) is 0 Å². The maximum absolute atomic E-state index is 11.5. The minimum atomic E-state index is -1.22. The summed E-state index contributed by atoms with van der Waals surface area (Å²) in [6.07, 6.45) is 3.20. The minimum absolute atomic E-state index is 0.0211. The molecule has 0 aromatic rings. The van der Waals surface area contributed by atoms with E-state index in [0.29, 0.717) is 11.1 Å². The van der Waals surface area contributed by atoms with Crippen molar-refractivity contribution in [2.24, 2.45) is 5.41 Å². The molecule has 0 fully saturated rings. The summed E-state index contributed by atoms with van der Waals surface area (Å²) in [4.78, 5) is 22.7. The first kappa shape index (κ1) is 13.8. The Balaban J connectivity index is 3.38. The van der Waals surface area contributed by atoms with Gasteiger partial charge in [0, 0.05) is 11.8 Å². The first-order valence-corrected chi connectivity index (χ1v) is 5.74. The van der Waals surface area contributed by atoms with Gasteiger partial charge in [-0.05, 0) is 44.1 Å². The third-order valence-corrected chi connectivity index (χ3v) is 3.53. The summed E-state index contributed by atoms with van der Waals surface area (Å²) in [5, 5.41) is 10.9. The van der Waals surface area contributed by atoms with Crippen LogP contribution in [0.25, 0.3) is 0 Å². The molecule has 0 heterocycles. The second-order valence-corrected chi connectivity index (χ2v) is 5.50. The van der Waals surface area contributed by atoms with Crippen molar-refractivity contribution in [1.29, 1.82) is 0 Å². The van der Waals surface area contributed by atoms with Crippen molar-refractivity contribution in [1.82, 2.24) is 0 Å². The predicted molar refractivity (Wildman–Crippen MR) is 66.5 cm³/mol. The third-order valence-electron chi connectivity index (χ3n) is 3.53. The van der Waals surface area contributed by atoms with Gasteiger partial charge >= 0.3 is 0 Å². The van der Waals surface area contributed by atoms with E-state index in [2.05, 4.69) is 0 Å². The smallest absolute Gasteiger partial charge is 0.156 e. The van der Waals surface area contributed by atoms with Gasteiger partial charge < -0.3 is 5.11 Å². The van der Waals surface area contributed by atoms with Gasteiger partial charge in [0.05, 0.1) is 0 Å². The molecule has 0 aromatic heterocycles. The molecule has 0 radical (unpaired) electrons. The van der Waals surface area contributed by atoms with E-state index in [0.717, 1.165) is 0 Å². The Kier molecular flexibility index (Phi) is 3.44. The van der Waals surface area contributed by atoms with Crippen LogP contribution in [0.15, 0.2) is 23.3 Å². The van der Waals surface area contributed by atoms with Crippen LogP contribution in [0.1, 0.15) is 41.0 Å². The molecule has 1 unspecified atom stereocenters. The van der Waals surface area contributed by atoms with Crippen molar-refractivity contribution in [3.63, 3.8) is 0 Å². The molecule has 94 valence electrons. The average Bonchev–Trinajstić information content (AvgIpc) is 2.11. The highest BCUT2D eigenvalue weighted by Crippen LogP contribution is 2.47. The summed E-state index contributed by atoms with van der Waals surface area (Å²) in [5.74, 6) is -0.0794. The Hall–Kier alpha value is -1.22. The summed E-state index contributed by atoms with van der Waals surface area (Å²) in [6.45, 7) is 8.61. The number of hydrogen-bond acceptors (Lipinski definition) is 3. The molecule has 0 spiro atoms. The molecule has 3 nitrogen and oxygen atoms in total. The van der Waals surface area contributed by atoms with Gasteiger partial charge in [0.25, 0.3) is 0 Å². The summed E-state index contributed by atoms with van der Waals surface area (Å²) >= 11 is 0. The van der Waals surface area contributed by atoms with E-state index in [9.17, 15) is 14.7 Å². The van der Waals surface area contributed by atoms with E-state index >= 15 is 0 Å². The molecule has 0 amide bonds. The molecule has 1 rings (SSSR count). The van der Waals surface area contributed by atoms with Crippen LogP contribution in [0.3, 0.4) is 0 Å². The molecule has 0 bridgehead atoms. The molecule has 1 aliphatic carbocycles. The fraction of sp³-hybridized carbons (Fsp3) is 0.571. The molecule has 0 saturated heterocycles. The zero-order chi connectivity index (χ0) is 13.4. The summed E-state index contributed by atoms with van der Waals surface area (Å²) in [5.41, 5.74) is -0.615. The van der Waals surface area contributed by atoms with Crippen molar-refractivity contribution in [2.45, 2.75) is 46.6 Å². The van der Waals surface area contributed by atoms with Crippen molar-refractivity contribution < 1.29 is 14.7 Å². The Labute approximate surface area is 102 Å². The van der Waals surface area contributed by atoms with E-state index in [-0.39, 0.29) is 18.0 Å². The lowest BCUT2D eigenvalue weighted by atomic mass is 9.62. The normalized spacial score (nSPS) is 28.9. The van der Waals surface area contributed by atoms with Gasteiger partial charge in [-0.3, -0.25) is 9.59 Å². The topological polar surface area (TPSA) is 54.4 Å². The molecule has 0 saturated carbocycles. The number of carbonyl (C=O) groups is 2. The first-order valence-electron chi connectivity index (χ1n) is 5.74. The van der Waals surface area contributed by atoms with Gasteiger partial charge in [-0.1, -0.05) is 13.8 Å². The highest BCUT2D eigenvalue weighted by Gasteiger charge is 2.49. The summed E-state index contributed by atoms with van der Waals surface area (Å²) < 4.78 is 0. The van der Waals surface area contributed by atoms with Gasteiger partial charge in [-0.15, -0.1) is 0 Å². The monoisotopic (exact) mass is 236 g/mol. The highest BCUT2D eigenvalue weighted by molar-refractivity contribution is 5.93. The van der Waals surface area contributed by atoms with Crippen LogP contribution in [0.5, 0.6) is 0 Å². The first-order chi connectivity index (χ1) is 7.61. The molecule has 1 aliphatic rings. The largest absolute Gasteiger partial charge is 0.381 e. The molecular formula is C14H20O3. The van der Waals surface area contributed by atoms with Crippen LogP contribution in [0, 0.1) is 5.41 Å². The van der Waals surface area contributed by atoms with Gasteiger partial charge in [-0.25, -0.2) is 0 Å². The van der Waals surface area contributed by atoms with Crippen LogP contribution in [-0.4, -0.2) is 22.3 Å². The Morgan fingerprint density at radius 3 is 2.35 bits per heavy atom. The summed E-state index contributed by atoms with van der Waals surface area (Å²) in [7, 11) is 0. The minimum Gasteiger partial charge on any atom is -0.381 e.